The van der Waals surface area contributed by atoms with Gasteiger partial charge in [0.1, 0.15) is 0 Å². The first kappa shape index (κ1) is 7.67. The molecular weight excluding hydrogens is 170 g/mol. The second-order valence-electron chi connectivity index (χ2n) is 2.58. The number of carbonyl (C=O) groups excluding carboxylic acids is 1. The van der Waals surface area contributed by atoms with E-state index in [1.54, 1.807) is 18.2 Å². The van der Waals surface area contributed by atoms with Gasteiger partial charge in [-0.15, -0.1) is 0 Å². The normalized spacial score (nSPS) is 13.4. The van der Waals surface area contributed by atoms with Crippen LogP contribution in [-0.4, -0.2) is 5.91 Å². The summed E-state index contributed by atoms with van der Waals surface area (Å²) in [6.07, 6.45) is 1.54. The van der Waals surface area contributed by atoms with Crippen molar-refractivity contribution >= 4 is 12.0 Å². The van der Waals surface area contributed by atoms with E-state index in [0.717, 1.165) is 5.56 Å². The molecule has 1 aromatic rings. The lowest BCUT2D eigenvalue weighted by Gasteiger charge is -2.13. The van der Waals surface area contributed by atoms with Crippen molar-refractivity contribution in [1.82, 2.24) is 0 Å². The number of hydrogen-bond donors (Lipinski definition) is 1. The van der Waals surface area contributed by atoms with Crippen LogP contribution >= 0.6 is 0 Å². The molecule has 2 rings (SSSR count). The summed E-state index contributed by atoms with van der Waals surface area (Å²) in [7, 11) is 0. The Labute approximate surface area is 74.5 Å². The second kappa shape index (κ2) is 2.82. The standard InChI is InChI=1S/C9H7NO3/c10-9(11)8-5-6-3-1-2-4-7(6)12-13-8/h1-5H,(H2,10,11). The maximum absolute atomic E-state index is 10.7. The lowest BCUT2D eigenvalue weighted by Crippen LogP contribution is -2.19. The SMILES string of the molecule is NC(=O)C1=Cc2ccccc2OO1. The molecule has 13 heavy (non-hydrogen) atoms. The van der Waals surface area contributed by atoms with Gasteiger partial charge in [-0.1, -0.05) is 18.2 Å². The highest BCUT2D eigenvalue weighted by molar-refractivity contribution is 5.95. The fourth-order valence-corrected chi connectivity index (χ4v) is 1.04. The van der Waals surface area contributed by atoms with Gasteiger partial charge in [0, 0.05) is 11.6 Å². The van der Waals surface area contributed by atoms with Crippen molar-refractivity contribution in [2.24, 2.45) is 5.73 Å². The van der Waals surface area contributed by atoms with E-state index in [1.165, 1.54) is 0 Å². The number of hydrogen-bond acceptors (Lipinski definition) is 3. The Kier molecular flexibility index (Phi) is 1.66. The van der Waals surface area contributed by atoms with Gasteiger partial charge in [0.15, 0.2) is 5.75 Å². The van der Waals surface area contributed by atoms with E-state index in [2.05, 4.69) is 4.89 Å². The van der Waals surface area contributed by atoms with Crippen molar-refractivity contribution in [3.05, 3.63) is 35.6 Å². The summed E-state index contributed by atoms with van der Waals surface area (Å²) >= 11 is 0. The van der Waals surface area contributed by atoms with Crippen molar-refractivity contribution in [3.8, 4) is 5.75 Å². The number of para-hydroxylation sites is 1. The molecule has 4 nitrogen and oxygen atoms in total. The number of fused-ring (bicyclic) bond motifs is 1. The molecule has 1 aliphatic rings. The lowest BCUT2D eigenvalue weighted by molar-refractivity contribution is -0.175. The Bertz CT molecular complexity index is 384. The molecule has 0 radical (unpaired) electrons. The molecule has 0 saturated heterocycles. The predicted molar refractivity (Wildman–Crippen MR) is 45.3 cm³/mol. The van der Waals surface area contributed by atoms with Crippen LogP contribution < -0.4 is 10.6 Å². The maximum Gasteiger partial charge on any atom is 0.289 e. The first-order chi connectivity index (χ1) is 6.27. The largest absolute Gasteiger partial charge is 0.363 e. The van der Waals surface area contributed by atoms with Crippen molar-refractivity contribution in [1.29, 1.82) is 0 Å². The minimum atomic E-state index is -0.644. The van der Waals surface area contributed by atoms with Crippen molar-refractivity contribution in [3.63, 3.8) is 0 Å². The molecule has 0 spiro atoms. The number of amides is 1. The molecule has 0 unspecified atom stereocenters. The minimum absolute atomic E-state index is 0.0127. The van der Waals surface area contributed by atoms with Gasteiger partial charge < -0.3 is 5.73 Å². The number of rotatable bonds is 1. The van der Waals surface area contributed by atoms with E-state index in [9.17, 15) is 4.79 Å². The van der Waals surface area contributed by atoms with E-state index < -0.39 is 5.91 Å². The van der Waals surface area contributed by atoms with Crippen LogP contribution in [0.2, 0.25) is 0 Å². The average Bonchev–Trinajstić information content (AvgIpc) is 2.17. The van der Waals surface area contributed by atoms with Crippen LogP contribution in [0.4, 0.5) is 0 Å². The summed E-state index contributed by atoms with van der Waals surface area (Å²) < 4.78 is 0. The molecule has 1 aromatic carbocycles. The van der Waals surface area contributed by atoms with Crippen LogP contribution in [0.1, 0.15) is 5.56 Å². The minimum Gasteiger partial charge on any atom is -0.363 e. The first-order valence-electron chi connectivity index (χ1n) is 3.72. The zero-order valence-corrected chi connectivity index (χ0v) is 6.69. The van der Waals surface area contributed by atoms with Crippen molar-refractivity contribution in [2.75, 3.05) is 0 Å². The molecule has 4 heteroatoms. The van der Waals surface area contributed by atoms with E-state index in [-0.39, 0.29) is 5.76 Å². The fraction of sp³-hybridized carbons (Fsp3) is 0. The molecule has 1 aliphatic heterocycles. The first-order valence-corrected chi connectivity index (χ1v) is 3.72. The molecule has 0 saturated carbocycles. The van der Waals surface area contributed by atoms with Gasteiger partial charge >= 0.3 is 0 Å². The van der Waals surface area contributed by atoms with Gasteiger partial charge in [0.2, 0.25) is 5.76 Å². The third-order valence-electron chi connectivity index (χ3n) is 1.67. The van der Waals surface area contributed by atoms with Gasteiger partial charge in [0.25, 0.3) is 5.91 Å². The summed E-state index contributed by atoms with van der Waals surface area (Å²) in [6.45, 7) is 0. The summed E-state index contributed by atoms with van der Waals surface area (Å²) in [4.78, 5) is 20.2. The molecule has 0 aliphatic carbocycles. The van der Waals surface area contributed by atoms with Crippen LogP contribution in [0, 0.1) is 0 Å². The summed E-state index contributed by atoms with van der Waals surface area (Å²) in [5, 5.41) is 0. The van der Waals surface area contributed by atoms with E-state index >= 15 is 0 Å². The Hall–Kier alpha value is -1.97. The fourth-order valence-electron chi connectivity index (χ4n) is 1.04. The molecule has 0 fully saturated rings. The average molecular weight is 177 g/mol. The summed E-state index contributed by atoms with van der Waals surface area (Å²) in [6, 6.07) is 7.19. The molecule has 0 bridgehead atoms. The molecule has 66 valence electrons. The van der Waals surface area contributed by atoms with Gasteiger partial charge in [-0.05, 0) is 6.07 Å². The zero-order chi connectivity index (χ0) is 9.26. The van der Waals surface area contributed by atoms with Gasteiger partial charge in [-0.2, -0.15) is 0 Å². The zero-order valence-electron chi connectivity index (χ0n) is 6.69. The maximum atomic E-state index is 10.7. The number of nitrogens with two attached hydrogens (primary N) is 1. The van der Waals surface area contributed by atoms with Crippen LogP contribution in [0.3, 0.4) is 0 Å². The lowest BCUT2D eigenvalue weighted by atomic mass is 10.1. The molecular formula is C9H7NO3. The van der Waals surface area contributed by atoms with Gasteiger partial charge in [0.05, 0.1) is 0 Å². The molecule has 0 aromatic heterocycles. The third kappa shape index (κ3) is 1.33. The van der Waals surface area contributed by atoms with Crippen molar-refractivity contribution < 1.29 is 14.6 Å². The van der Waals surface area contributed by atoms with Crippen LogP contribution in [0.5, 0.6) is 5.75 Å². The molecule has 2 N–H and O–H groups in total. The van der Waals surface area contributed by atoms with Crippen molar-refractivity contribution in [2.45, 2.75) is 0 Å². The van der Waals surface area contributed by atoms with Gasteiger partial charge in [-0.25, -0.2) is 0 Å². The van der Waals surface area contributed by atoms with Crippen LogP contribution in [-0.2, 0) is 9.68 Å². The highest BCUT2D eigenvalue weighted by Gasteiger charge is 2.16. The predicted octanol–water partition coefficient (Wildman–Crippen LogP) is 0.837. The van der Waals surface area contributed by atoms with Gasteiger partial charge in [-0.3, -0.25) is 14.6 Å². The number of benzene rings is 1. The van der Waals surface area contributed by atoms with E-state index in [1.807, 2.05) is 12.1 Å². The molecule has 1 heterocycles. The molecule has 0 atom stereocenters. The molecule has 1 amide bonds. The smallest absolute Gasteiger partial charge is 0.289 e. The Morgan fingerprint density at radius 1 is 1.23 bits per heavy atom. The van der Waals surface area contributed by atoms with Crippen LogP contribution in [0.15, 0.2) is 30.0 Å². The summed E-state index contributed by atoms with van der Waals surface area (Å²) in [5.41, 5.74) is 5.79. The summed E-state index contributed by atoms with van der Waals surface area (Å²) in [5.74, 6) is -0.0549. The van der Waals surface area contributed by atoms with Crippen LogP contribution in [0.25, 0.3) is 6.08 Å². The Morgan fingerprint density at radius 3 is 2.77 bits per heavy atom. The van der Waals surface area contributed by atoms with E-state index in [4.69, 9.17) is 10.6 Å². The quantitative estimate of drug-likeness (QED) is 0.646. The number of primary amides is 1. The topological polar surface area (TPSA) is 61.6 Å². The highest BCUT2D eigenvalue weighted by atomic mass is 17.2. The van der Waals surface area contributed by atoms with E-state index in [0.29, 0.717) is 5.75 Å². The monoisotopic (exact) mass is 177 g/mol. The third-order valence-corrected chi connectivity index (χ3v) is 1.67. The number of carbonyl (C=O) groups is 1. The Balaban J connectivity index is 2.44. The second-order valence-corrected chi connectivity index (χ2v) is 2.58. The highest BCUT2D eigenvalue weighted by Crippen LogP contribution is 2.25. The Morgan fingerprint density at radius 2 is 2.00 bits per heavy atom.